The second kappa shape index (κ2) is 8.06. The molecule has 1 N–H and O–H groups in total. The zero-order chi connectivity index (χ0) is 21.6. The molecule has 6 heteroatoms. The van der Waals surface area contributed by atoms with Crippen LogP contribution in [0.15, 0.2) is 53.4 Å². The Labute approximate surface area is 184 Å². The van der Waals surface area contributed by atoms with Gasteiger partial charge in [-0.1, -0.05) is 30.7 Å². The van der Waals surface area contributed by atoms with Gasteiger partial charge in [-0.3, -0.25) is 4.79 Å². The monoisotopic (exact) mass is 438 g/mol. The first-order valence-electron chi connectivity index (χ1n) is 11.4. The first kappa shape index (κ1) is 20.7. The van der Waals surface area contributed by atoms with Gasteiger partial charge < -0.3 is 5.32 Å². The summed E-state index contributed by atoms with van der Waals surface area (Å²) in [5.74, 6) is 2.05. The average molecular weight is 439 g/mol. The summed E-state index contributed by atoms with van der Waals surface area (Å²) in [4.78, 5) is 13.0. The Hall–Kier alpha value is -2.18. The van der Waals surface area contributed by atoms with Gasteiger partial charge in [0.1, 0.15) is 0 Å². The normalized spacial score (nSPS) is 26.4. The van der Waals surface area contributed by atoms with Crippen LogP contribution in [0.1, 0.15) is 54.1 Å². The highest BCUT2D eigenvalue weighted by Crippen LogP contribution is 2.49. The molecule has 2 aromatic carbocycles. The van der Waals surface area contributed by atoms with Gasteiger partial charge in [0.05, 0.1) is 4.90 Å². The number of fused-ring (bicyclic) bond motifs is 3. The van der Waals surface area contributed by atoms with E-state index < -0.39 is 10.0 Å². The molecule has 3 aliphatic rings. The van der Waals surface area contributed by atoms with Crippen molar-refractivity contribution in [2.24, 2.45) is 17.8 Å². The minimum atomic E-state index is -3.59. The first-order chi connectivity index (χ1) is 14.9. The Morgan fingerprint density at radius 3 is 2.45 bits per heavy atom. The summed E-state index contributed by atoms with van der Waals surface area (Å²) >= 11 is 0. The highest BCUT2D eigenvalue weighted by atomic mass is 32.2. The zero-order valence-corrected chi connectivity index (χ0v) is 18.8. The Bertz CT molecular complexity index is 1080. The highest BCUT2D eigenvalue weighted by Gasteiger charge is 2.42. The van der Waals surface area contributed by atoms with Gasteiger partial charge >= 0.3 is 0 Å². The molecule has 2 fully saturated rings. The Morgan fingerprint density at radius 2 is 1.77 bits per heavy atom. The molecule has 1 heterocycles. The van der Waals surface area contributed by atoms with E-state index in [0.29, 0.717) is 24.6 Å². The summed E-state index contributed by atoms with van der Waals surface area (Å²) in [5.41, 5.74) is 2.78. The van der Waals surface area contributed by atoms with E-state index in [4.69, 9.17) is 0 Å². The van der Waals surface area contributed by atoms with Gasteiger partial charge in [-0.15, -0.1) is 0 Å². The fraction of sp³-hybridized carbons (Fsp3) is 0.480. The molecule has 2 aliphatic carbocycles. The van der Waals surface area contributed by atoms with Crippen LogP contribution in [0.3, 0.4) is 0 Å². The number of amides is 1. The molecule has 5 nitrogen and oxygen atoms in total. The van der Waals surface area contributed by atoms with Crippen molar-refractivity contribution in [2.45, 2.75) is 56.5 Å². The summed E-state index contributed by atoms with van der Waals surface area (Å²) < 4.78 is 27.8. The molecule has 2 aromatic rings. The molecule has 0 spiro atoms. The second-order valence-corrected chi connectivity index (χ2v) is 11.4. The fourth-order valence-electron chi connectivity index (χ4n) is 5.91. The predicted octanol–water partition coefficient (Wildman–Crippen LogP) is 3.99. The van der Waals surface area contributed by atoms with Crippen molar-refractivity contribution < 1.29 is 13.2 Å². The third kappa shape index (κ3) is 3.92. The van der Waals surface area contributed by atoms with E-state index in [9.17, 15) is 13.2 Å². The summed E-state index contributed by atoms with van der Waals surface area (Å²) in [6, 6.07) is 14.5. The van der Waals surface area contributed by atoms with Crippen LogP contribution in [-0.2, 0) is 23.0 Å². The van der Waals surface area contributed by atoms with Crippen molar-refractivity contribution >= 4 is 15.9 Å². The van der Waals surface area contributed by atoms with Crippen LogP contribution in [-0.4, -0.2) is 31.2 Å². The molecule has 2 saturated carbocycles. The van der Waals surface area contributed by atoms with Crippen LogP contribution in [0, 0.1) is 17.8 Å². The van der Waals surface area contributed by atoms with E-state index in [2.05, 4.69) is 18.3 Å². The van der Waals surface area contributed by atoms with Crippen molar-refractivity contribution in [2.75, 3.05) is 6.54 Å². The van der Waals surface area contributed by atoms with Crippen molar-refractivity contribution in [1.82, 2.24) is 9.62 Å². The van der Waals surface area contributed by atoms with E-state index >= 15 is 0 Å². The number of nitrogens with one attached hydrogen (secondary N) is 1. The summed E-state index contributed by atoms with van der Waals surface area (Å²) in [6.07, 6.45) is 5.90. The van der Waals surface area contributed by atoms with Crippen molar-refractivity contribution in [3.63, 3.8) is 0 Å². The predicted molar refractivity (Wildman–Crippen MR) is 120 cm³/mol. The highest BCUT2D eigenvalue weighted by molar-refractivity contribution is 7.89. The fourth-order valence-corrected chi connectivity index (χ4v) is 7.32. The number of hydrogen-bond acceptors (Lipinski definition) is 3. The summed E-state index contributed by atoms with van der Waals surface area (Å²) in [5, 5.41) is 3.16. The summed E-state index contributed by atoms with van der Waals surface area (Å²) in [7, 11) is -3.59. The molecular weight excluding hydrogens is 408 g/mol. The Balaban J connectivity index is 1.25. The zero-order valence-electron chi connectivity index (χ0n) is 18.0. The van der Waals surface area contributed by atoms with Gasteiger partial charge in [-0.05, 0) is 85.8 Å². The molecule has 164 valence electrons. The minimum absolute atomic E-state index is 0.119. The minimum Gasteiger partial charge on any atom is -0.349 e. The van der Waals surface area contributed by atoms with E-state index in [1.807, 2.05) is 18.2 Å². The maximum absolute atomic E-state index is 13.1. The van der Waals surface area contributed by atoms with Crippen molar-refractivity contribution in [1.29, 1.82) is 0 Å². The third-order valence-corrected chi connectivity index (χ3v) is 9.50. The molecule has 1 amide bonds. The van der Waals surface area contributed by atoms with Crippen molar-refractivity contribution in [3.8, 4) is 0 Å². The van der Waals surface area contributed by atoms with Gasteiger partial charge in [0.15, 0.2) is 0 Å². The number of carbonyl (C=O) groups excluding carboxylic acids is 1. The van der Waals surface area contributed by atoms with Crippen LogP contribution in [0.2, 0.25) is 0 Å². The number of rotatable bonds is 5. The Morgan fingerprint density at radius 1 is 1.03 bits per heavy atom. The van der Waals surface area contributed by atoms with E-state index in [-0.39, 0.29) is 16.8 Å². The van der Waals surface area contributed by atoms with Gasteiger partial charge in [0.25, 0.3) is 5.91 Å². The number of sulfonamides is 1. The lowest BCUT2D eigenvalue weighted by molar-refractivity contribution is 0.0915. The van der Waals surface area contributed by atoms with E-state index in [1.54, 1.807) is 24.3 Å². The SMILES string of the molecule is C[C@@H](NC(=O)c1ccc(S(=O)(=O)N2CCc3ccccc3C2)cc1)[C@@H]1C[C@H]2CC[C@H]1C2. The number of benzene rings is 2. The molecule has 31 heavy (non-hydrogen) atoms. The molecule has 5 rings (SSSR count). The molecule has 2 bridgehead atoms. The lowest BCUT2D eigenvalue weighted by atomic mass is 9.84. The molecular formula is C25H30N2O3S. The standard InChI is InChI=1S/C25H30N2O3S/c1-17(24-15-18-6-7-21(24)14-18)26-25(28)20-8-10-23(11-9-20)31(29,30)27-13-12-19-4-2-3-5-22(19)16-27/h2-5,8-11,17-18,21,24H,6-7,12-16H2,1H3,(H,26,28)/t17-,18+,21+,24+/m1/s1. The summed E-state index contributed by atoms with van der Waals surface area (Å²) in [6.45, 7) is 2.97. The third-order valence-electron chi connectivity index (χ3n) is 7.64. The van der Waals surface area contributed by atoms with Crippen LogP contribution >= 0.6 is 0 Å². The number of carbonyl (C=O) groups is 1. The molecule has 0 unspecified atom stereocenters. The van der Waals surface area contributed by atoms with Crippen LogP contribution in [0.5, 0.6) is 0 Å². The number of nitrogens with zero attached hydrogens (tertiary/aromatic N) is 1. The smallest absolute Gasteiger partial charge is 0.251 e. The lowest BCUT2D eigenvalue weighted by Gasteiger charge is -2.29. The van der Waals surface area contributed by atoms with Gasteiger partial charge in [-0.25, -0.2) is 8.42 Å². The van der Waals surface area contributed by atoms with Gasteiger partial charge in [0, 0.05) is 24.7 Å². The van der Waals surface area contributed by atoms with Crippen LogP contribution < -0.4 is 5.32 Å². The molecule has 1 aliphatic heterocycles. The van der Waals surface area contributed by atoms with Gasteiger partial charge in [0.2, 0.25) is 10.0 Å². The topological polar surface area (TPSA) is 66.5 Å². The van der Waals surface area contributed by atoms with E-state index in [0.717, 1.165) is 23.8 Å². The van der Waals surface area contributed by atoms with Crippen LogP contribution in [0.25, 0.3) is 0 Å². The molecule has 4 atom stereocenters. The largest absolute Gasteiger partial charge is 0.349 e. The van der Waals surface area contributed by atoms with Crippen LogP contribution in [0.4, 0.5) is 0 Å². The maximum Gasteiger partial charge on any atom is 0.251 e. The lowest BCUT2D eigenvalue weighted by Crippen LogP contribution is -2.40. The molecule has 0 aromatic heterocycles. The maximum atomic E-state index is 13.1. The first-order valence-corrected chi connectivity index (χ1v) is 12.8. The Kier molecular flexibility index (Phi) is 5.39. The molecule has 0 radical (unpaired) electrons. The second-order valence-electron chi connectivity index (χ2n) is 9.48. The van der Waals surface area contributed by atoms with Crippen molar-refractivity contribution in [3.05, 3.63) is 65.2 Å². The quantitative estimate of drug-likeness (QED) is 0.768. The molecule has 0 saturated heterocycles. The number of hydrogen-bond donors (Lipinski definition) is 1. The van der Waals surface area contributed by atoms with E-state index in [1.165, 1.54) is 35.6 Å². The average Bonchev–Trinajstić information content (AvgIpc) is 3.43. The van der Waals surface area contributed by atoms with Gasteiger partial charge in [-0.2, -0.15) is 4.31 Å².